The molecule has 1 amide bonds. The molecule has 1 fully saturated rings. The Morgan fingerprint density at radius 3 is 2.47 bits per heavy atom. The van der Waals surface area contributed by atoms with Crippen molar-refractivity contribution in [1.82, 2.24) is 15.5 Å². The third kappa shape index (κ3) is 6.07. The molecule has 6 heteroatoms. The lowest BCUT2D eigenvalue weighted by atomic mass is 9.97. The van der Waals surface area contributed by atoms with Crippen LogP contribution in [0.4, 0.5) is 0 Å². The largest absolute Gasteiger partial charge is 0.378 e. The molecule has 0 bridgehead atoms. The van der Waals surface area contributed by atoms with E-state index in [1.54, 1.807) is 0 Å². The van der Waals surface area contributed by atoms with Crippen molar-refractivity contribution in [1.29, 1.82) is 0 Å². The summed E-state index contributed by atoms with van der Waals surface area (Å²) in [6.07, 6.45) is 0. The van der Waals surface area contributed by atoms with E-state index in [4.69, 9.17) is 9.73 Å². The number of carbonyl (C=O) groups excluding carboxylic acids is 1. The van der Waals surface area contributed by atoms with Crippen LogP contribution in [0, 0.1) is 6.92 Å². The molecule has 0 aromatic heterocycles. The van der Waals surface area contributed by atoms with E-state index in [1.807, 2.05) is 54.3 Å². The van der Waals surface area contributed by atoms with Gasteiger partial charge >= 0.3 is 0 Å². The van der Waals surface area contributed by atoms with E-state index in [1.165, 1.54) is 11.1 Å². The molecule has 160 valence electrons. The summed E-state index contributed by atoms with van der Waals surface area (Å²) in [6.45, 7) is 8.45. The van der Waals surface area contributed by atoms with Crippen LogP contribution in [0.3, 0.4) is 0 Å². The van der Waals surface area contributed by atoms with Crippen LogP contribution in [0.15, 0.2) is 59.6 Å². The van der Waals surface area contributed by atoms with Crippen LogP contribution < -0.4 is 10.6 Å². The average molecular weight is 409 g/mol. The van der Waals surface area contributed by atoms with Gasteiger partial charge in [0.05, 0.1) is 25.7 Å². The van der Waals surface area contributed by atoms with Gasteiger partial charge in [0.2, 0.25) is 5.91 Å². The minimum Gasteiger partial charge on any atom is -0.378 e. The molecule has 30 heavy (non-hydrogen) atoms. The second-order valence-electron chi connectivity index (χ2n) is 7.40. The van der Waals surface area contributed by atoms with E-state index < -0.39 is 0 Å². The Balaban J connectivity index is 1.72. The molecule has 2 N–H and O–H groups in total. The number of guanidine groups is 1. The zero-order valence-corrected chi connectivity index (χ0v) is 17.9. The molecule has 1 unspecified atom stereocenters. The number of hydrogen-bond acceptors (Lipinski definition) is 3. The number of nitrogens with one attached hydrogen (secondary N) is 2. The first-order chi connectivity index (χ1) is 14.7. The molecule has 1 saturated heterocycles. The molecule has 0 aliphatic carbocycles. The van der Waals surface area contributed by atoms with Gasteiger partial charge in [0.25, 0.3) is 0 Å². The van der Waals surface area contributed by atoms with E-state index in [0.717, 1.165) is 18.1 Å². The van der Waals surface area contributed by atoms with E-state index in [-0.39, 0.29) is 11.8 Å². The summed E-state index contributed by atoms with van der Waals surface area (Å²) in [4.78, 5) is 19.9. The van der Waals surface area contributed by atoms with Crippen molar-refractivity contribution >= 4 is 11.9 Å². The van der Waals surface area contributed by atoms with Crippen LogP contribution >= 0.6 is 0 Å². The van der Waals surface area contributed by atoms with Crippen molar-refractivity contribution in [2.24, 2.45) is 4.99 Å². The van der Waals surface area contributed by atoms with Gasteiger partial charge < -0.3 is 20.3 Å². The highest BCUT2D eigenvalue weighted by Gasteiger charge is 2.27. The van der Waals surface area contributed by atoms with Crippen molar-refractivity contribution in [3.8, 4) is 0 Å². The van der Waals surface area contributed by atoms with Gasteiger partial charge in [0, 0.05) is 26.2 Å². The summed E-state index contributed by atoms with van der Waals surface area (Å²) in [5, 5.41) is 6.68. The predicted molar refractivity (Wildman–Crippen MR) is 121 cm³/mol. The highest BCUT2D eigenvalue weighted by atomic mass is 16.5. The van der Waals surface area contributed by atoms with Gasteiger partial charge in [0.15, 0.2) is 5.96 Å². The van der Waals surface area contributed by atoms with Gasteiger partial charge in [-0.1, -0.05) is 54.6 Å². The maximum absolute atomic E-state index is 13.3. The lowest BCUT2D eigenvalue weighted by molar-refractivity contribution is -0.136. The third-order valence-electron chi connectivity index (χ3n) is 5.31. The maximum atomic E-state index is 13.3. The Hall–Kier alpha value is -2.86. The normalized spacial score (nSPS) is 15.5. The minimum atomic E-state index is -0.272. The summed E-state index contributed by atoms with van der Waals surface area (Å²) < 4.78 is 5.41. The number of benzene rings is 2. The lowest BCUT2D eigenvalue weighted by Crippen LogP contribution is -2.47. The van der Waals surface area contributed by atoms with Gasteiger partial charge in [-0.3, -0.25) is 4.79 Å². The van der Waals surface area contributed by atoms with Crippen molar-refractivity contribution in [3.05, 3.63) is 71.3 Å². The topological polar surface area (TPSA) is 66.0 Å². The van der Waals surface area contributed by atoms with Crippen LogP contribution in [0.2, 0.25) is 0 Å². The third-order valence-corrected chi connectivity index (χ3v) is 5.31. The van der Waals surface area contributed by atoms with E-state index in [2.05, 4.69) is 29.7 Å². The molecule has 2 aromatic carbocycles. The van der Waals surface area contributed by atoms with Crippen LogP contribution in [-0.4, -0.2) is 56.2 Å². The fourth-order valence-corrected chi connectivity index (χ4v) is 3.53. The molecule has 1 heterocycles. The zero-order chi connectivity index (χ0) is 21.2. The Bertz CT molecular complexity index is 832. The van der Waals surface area contributed by atoms with Gasteiger partial charge in [0.1, 0.15) is 0 Å². The number of nitrogens with zero attached hydrogens (tertiary/aromatic N) is 2. The van der Waals surface area contributed by atoms with E-state index in [9.17, 15) is 4.79 Å². The molecule has 2 aromatic rings. The Labute approximate surface area is 179 Å². The van der Waals surface area contributed by atoms with Crippen LogP contribution in [-0.2, 0) is 16.1 Å². The summed E-state index contributed by atoms with van der Waals surface area (Å²) >= 11 is 0. The van der Waals surface area contributed by atoms with Crippen LogP contribution in [0.1, 0.15) is 29.5 Å². The summed E-state index contributed by atoms with van der Waals surface area (Å²) in [7, 11) is 0. The van der Waals surface area contributed by atoms with Crippen LogP contribution in [0.5, 0.6) is 0 Å². The highest BCUT2D eigenvalue weighted by Crippen LogP contribution is 2.19. The molecule has 0 saturated carbocycles. The molecule has 3 rings (SSSR count). The Morgan fingerprint density at radius 1 is 1.07 bits per heavy atom. The fraction of sp³-hybridized carbons (Fsp3) is 0.417. The summed E-state index contributed by atoms with van der Waals surface area (Å²) in [5.74, 6) is 0.579. The number of aliphatic imine (C=N–C) groups is 1. The first kappa shape index (κ1) is 21.8. The van der Waals surface area contributed by atoms with E-state index in [0.29, 0.717) is 39.4 Å². The van der Waals surface area contributed by atoms with E-state index >= 15 is 0 Å². The number of carbonyl (C=O) groups is 1. The Morgan fingerprint density at radius 2 is 1.77 bits per heavy atom. The number of rotatable bonds is 7. The molecular weight excluding hydrogens is 376 g/mol. The standard InChI is InChI=1S/C24H32N4O2/c1-3-25-24(26-17-21-12-8-7-9-19(21)2)27-18-22(20-10-5-4-6-11-20)23(29)28-13-15-30-16-14-28/h4-12,22H,3,13-18H2,1-2H3,(H2,25,26,27). The second-order valence-corrected chi connectivity index (χ2v) is 7.40. The monoisotopic (exact) mass is 408 g/mol. The number of morpholine rings is 1. The van der Waals surface area contributed by atoms with Crippen molar-refractivity contribution in [2.45, 2.75) is 26.3 Å². The number of amides is 1. The Kier molecular flexibility index (Phi) is 8.27. The average Bonchev–Trinajstić information content (AvgIpc) is 2.79. The molecular formula is C24H32N4O2. The second kappa shape index (κ2) is 11.4. The SMILES string of the molecule is CCNC(=NCc1ccccc1C)NCC(C(=O)N1CCOCC1)c1ccccc1. The fourth-order valence-electron chi connectivity index (χ4n) is 3.53. The van der Waals surface area contributed by atoms with Gasteiger partial charge in [-0.25, -0.2) is 4.99 Å². The smallest absolute Gasteiger partial charge is 0.232 e. The molecule has 1 aliphatic rings. The first-order valence-electron chi connectivity index (χ1n) is 10.7. The van der Waals surface area contributed by atoms with Gasteiger partial charge in [-0.05, 0) is 30.5 Å². The highest BCUT2D eigenvalue weighted by molar-refractivity contribution is 5.86. The quantitative estimate of drug-likeness (QED) is 0.546. The molecule has 1 aliphatic heterocycles. The number of ether oxygens (including phenoxy) is 1. The lowest BCUT2D eigenvalue weighted by Gasteiger charge is -2.31. The summed E-state index contributed by atoms with van der Waals surface area (Å²) in [6, 6.07) is 18.2. The maximum Gasteiger partial charge on any atom is 0.232 e. The van der Waals surface area contributed by atoms with Gasteiger partial charge in [-0.15, -0.1) is 0 Å². The van der Waals surface area contributed by atoms with Crippen LogP contribution in [0.25, 0.3) is 0 Å². The predicted octanol–water partition coefficient (Wildman–Crippen LogP) is 2.69. The molecule has 0 radical (unpaired) electrons. The zero-order valence-electron chi connectivity index (χ0n) is 17.9. The first-order valence-corrected chi connectivity index (χ1v) is 10.7. The molecule has 0 spiro atoms. The molecule has 6 nitrogen and oxygen atoms in total. The number of hydrogen-bond donors (Lipinski definition) is 2. The van der Waals surface area contributed by atoms with Crippen molar-refractivity contribution in [2.75, 3.05) is 39.4 Å². The van der Waals surface area contributed by atoms with Crippen molar-refractivity contribution < 1.29 is 9.53 Å². The molecule has 1 atom stereocenters. The summed E-state index contributed by atoms with van der Waals surface area (Å²) in [5.41, 5.74) is 3.43. The minimum absolute atomic E-state index is 0.131. The van der Waals surface area contributed by atoms with Gasteiger partial charge in [-0.2, -0.15) is 0 Å². The number of aryl methyl sites for hydroxylation is 1. The van der Waals surface area contributed by atoms with Crippen molar-refractivity contribution in [3.63, 3.8) is 0 Å².